The third kappa shape index (κ3) is 1.86. The quantitative estimate of drug-likeness (QED) is 0.700. The zero-order chi connectivity index (χ0) is 11.0. The molecule has 0 bridgehead atoms. The number of nitrogens with zero attached hydrogens (tertiary/aromatic N) is 3. The van der Waals surface area contributed by atoms with E-state index < -0.39 is 5.97 Å². The maximum absolute atomic E-state index is 11.4. The van der Waals surface area contributed by atoms with E-state index in [1.807, 2.05) is 7.05 Å². The lowest BCUT2D eigenvalue weighted by molar-refractivity contribution is 0.0512. The zero-order valence-electron chi connectivity index (χ0n) is 9.23. The second-order valence-corrected chi connectivity index (χ2v) is 3.96. The van der Waals surface area contributed by atoms with Crippen LogP contribution in [0.3, 0.4) is 0 Å². The van der Waals surface area contributed by atoms with E-state index in [-0.39, 0.29) is 5.82 Å². The summed E-state index contributed by atoms with van der Waals surface area (Å²) in [5, 5.41) is 4.06. The van der Waals surface area contributed by atoms with E-state index >= 15 is 0 Å². The van der Waals surface area contributed by atoms with Gasteiger partial charge in [0.2, 0.25) is 0 Å². The number of carbonyl (C=O) groups is 1. The molecule has 15 heavy (non-hydrogen) atoms. The highest BCUT2D eigenvalue weighted by Gasteiger charge is 2.38. The fourth-order valence-electron chi connectivity index (χ4n) is 1.68. The first kappa shape index (κ1) is 10.1. The molecule has 1 fully saturated rings. The molecule has 2 rings (SSSR count). The zero-order valence-corrected chi connectivity index (χ0v) is 9.23. The van der Waals surface area contributed by atoms with Crippen molar-refractivity contribution in [3.63, 3.8) is 0 Å². The maximum atomic E-state index is 11.4. The van der Waals surface area contributed by atoms with Crippen molar-refractivity contribution >= 4 is 5.97 Å². The number of esters is 1. The molecule has 1 aromatic heterocycles. The monoisotopic (exact) mass is 209 g/mol. The standard InChI is InChI=1S/C10H15N3O2/c1-4-15-10(14)8-11-9(13(3)12-8)7-5-6(7)2/h6-7H,4-5H2,1-3H3. The van der Waals surface area contributed by atoms with E-state index in [4.69, 9.17) is 4.74 Å². The van der Waals surface area contributed by atoms with E-state index in [0.717, 1.165) is 12.2 Å². The lowest BCUT2D eigenvalue weighted by atomic mass is 10.3. The first-order valence-corrected chi connectivity index (χ1v) is 5.21. The van der Waals surface area contributed by atoms with Gasteiger partial charge in [0.25, 0.3) is 5.82 Å². The second kappa shape index (κ2) is 3.64. The molecule has 0 saturated heterocycles. The van der Waals surface area contributed by atoms with E-state index in [0.29, 0.717) is 18.4 Å². The Morgan fingerprint density at radius 1 is 1.67 bits per heavy atom. The van der Waals surface area contributed by atoms with Gasteiger partial charge < -0.3 is 4.74 Å². The van der Waals surface area contributed by atoms with Crippen molar-refractivity contribution in [1.29, 1.82) is 0 Å². The topological polar surface area (TPSA) is 57.0 Å². The summed E-state index contributed by atoms with van der Waals surface area (Å²) in [6.07, 6.45) is 1.13. The summed E-state index contributed by atoms with van der Waals surface area (Å²) in [6.45, 7) is 4.29. The van der Waals surface area contributed by atoms with Crippen LogP contribution in [0.4, 0.5) is 0 Å². The highest BCUT2D eigenvalue weighted by atomic mass is 16.5. The molecule has 1 aliphatic carbocycles. The van der Waals surface area contributed by atoms with Crippen LogP contribution in [0.5, 0.6) is 0 Å². The Labute approximate surface area is 88.4 Å². The lowest BCUT2D eigenvalue weighted by Gasteiger charge is -1.94. The fourth-order valence-corrected chi connectivity index (χ4v) is 1.68. The van der Waals surface area contributed by atoms with Gasteiger partial charge in [-0.05, 0) is 19.3 Å². The van der Waals surface area contributed by atoms with E-state index in [2.05, 4.69) is 17.0 Å². The third-order valence-corrected chi connectivity index (χ3v) is 2.70. The highest BCUT2D eigenvalue weighted by molar-refractivity contribution is 5.85. The molecule has 0 spiro atoms. The molecule has 0 N–H and O–H groups in total. The van der Waals surface area contributed by atoms with Crippen molar-refractivity contribution in [3.05, 3.63) is 11.6 Å². The molecule has 1 saturated carbocycles. The number of hydrogen-bond donors (Lipinski definition) is 0. The molecular weight excluding hydrogens is 194 g/mol. The Bertz CT molecular complexity index is 386. The molecule has 5 nitrogen and oxygen atoms in total. The summed E-state index contributed by atoms with van der Waals surface area (Å²) in [5.41, 5.74) is 0. The lowest BCUT2D eigenvalue weighted by Crippen LogP contribution is -2.07. The molecule has 82 valence electrons. The largest absolute Gasteiger partial charge is 0.460 e. The number of hydrogen-bond acceptors (Lipinski definition) is 4. The van der Waals surface area contributed by atoms with Gasteiger partial charge in [0.05, 0.1) is 6.61 Å². The minimum atomic E-state index is -0.437. The molecular formula is C10H15N3O2. The van der Waals surface area contributed by atoms with E-state index in [1.165, 1.54) is 0 Å². The number of rotatable bonds is 3. The van der Waals surface area contributed by atoms with Gasteiger partial charge in [0.15, 0.2) is 0 Å². The van der Waals surface area contributed by atoms with Crippen LogP contribution in [-0.4, -0.2) is 27.3 Å². The maximum Gasteiger partial charge on any atom is 0.378 e. The van der Waals surface area contributed by atoms with Crippen molar-refractivity contribution in [1.82, 2.24) is 14.8 Å². The molecule has 2 unspecified atom stereocenters. The average Bonchev–Trinajstić information content (AvgIpc) is 2.76. The van der Waals surface area contributed by atoms with Gasteiger partial charge in [-0.2, -0.15) is 0 Å². The molecule has 0 radical (unpaired) electrons. The van der Waals surface area contributed by atoms with Gasteiger partial charge in [-0.1, -0.05) is 6.92 Å². The van der Waals surface area contributed by atoms with Crippen LogP contribution in [0, 0.1) is 5.92 Å². The van der Waals surface area contributed by atoms with Gasteiger partial charge in [-0.3, -0.25) is 4.68 Å². The molecule has 2 atom stereocenters. The summed E-state index contributed by atoms with van der Waals surface area (Å²) >= 11 is 0. The third-order valence-electron chi connectivity index (χ3n) is 2.70. The fraction of sp³-hybridized carbons (Fsp3) is 0.700. The number of ether oxygens (including phenoxy) is 1. The van der Waals surface area contributed by atoms with Crippen LogP contribution >= 0.6 is 0 Å². The Hall–Kier alpha value is -1.39. The normalized spacial score (nSPS) is 23.9. The minimum Gasteiger partial charge on any atom is -0.460 e. The van der Waals surface area contributed by atoms with Gasteiger partial charge >= 0.3 is 5.97 Å². The molecule has 1 aromatic rings. The van der Waals surface area contributed by atoms with Crippen molar-refractivity contribution in [2.75, 3.05) is 6.61 Å². The van der Waals surface area contributed by atoms with Crippen molar-refractivity contribution < 1.29 is 9.53 Å². The Kier molecular flexibility index (Phi) is 2.46. The summed E-state index contributed by atoms with van der Waals surface area (Å²) in [4.78, 5) is 15.6. The number of aromatic nitrogens is 3. The highest BCUT2D eigenvalue weighted by Crippen LogP contribution is 2.45. The van der Waals surface area contributed by atoms with Crippen molar-refractivity contribution in [3.8, 4) is 0 Å². The van der Waals surface area contributed by atoms with E-state index in [1.54, 1.807) is 11.6 Å². The summed E-state index contributed by atoms with van der Waals surface area (Å²) in [6, 6.07) is 0. The number of carbonyl (C=O) groups excluding carboxylic acids is 1. The molecule has 1 aliphatic rings. The summed E-state index contributed by atoms with van der Waals surface area (Å²) < 4.78 is 6.53. The minimum absolute atomic E-state index is 0.174. The van der Waals surface area contributed by atoms with Gasteiger partial charge in [0, 0.05) is 13.0 Å². The van der Waals surface area contributed by atoms with Gasteiger partial charge in [0.1, 0.15) is 5.82 Å². The van der Waals surface area contributed by atoms with Crippen molar-refractivity contribution in [2.45, 2.75) is 26.2 Å². The van der Waals surface area contributed by atoms with Crippen LogP contribution in [0.2, 0.25) is 0 Å². The van der Waals surface area contributed by atoms with Gasteiger partial charge in [-0.25, -0.2) is 9.78 Å². The predicted octanol–water partition coefficient (Wildman–Crippen LogP) is 1.12. The smallest absolute Gasteiger partial charge is 0.378 e. The van der Waals surface area contributed by atoms with Crippen LogP contribution in [0.15, 0.2) is 0 Å². The summed E-state index contributed by atoms with van der Waals surface area (Å²) in [5.74, 6) is 1.75. The molecule has 1 heterocycles. The SMILES string of the molecule is CCOC(=O)c1nc(C2CC2C)n(C)n1. The first-order chi connectivity index (χ1) is 7.13. The Balaban J connectivity index is 2.17. The number of aryl methyl sites for hydroxylation is 1. The Morgan fingerprint density at radius 2 is 2.33 bits per heavy atom. The van der Waals surface area contributed by atoms with Crippen molar-refractivity contribution in [2.24, 2.45) is 13.0 Å². The average molecular weight is 209 g/mol. The van der Waals surface area contributed by atoms with Crippen LogP contribution < -0.4 is 0 Å². The second-order valence-electron chi connectivity index (χ2n) is 3.96. The molecule has 0 aromatic carbocycles. The molecule has 0 amide bonds. The van der Waals surface area contributed by atoms with Gasteiger partial charge in [-0.15, -0.1) is 5.10 Å². The summed E-state index contributed by atoms with van der Waals surface area (Å²) in [7, 11) is 1.82. The first-order valence-electron chi connectivity index (χ1n) is 5.21. The predicted molar refractivity (Wildman–Crippen MR) is 53.5 cm³/mol. The van der Waals surface area contributed by atoms with E-state index in [9.17, 15) is 4.79 Å². The Morgan fingerprint density at radius 3 is 2.87 bits per heavy atom. The van der Waals surface area contributed by atoms with Crippen LogP contribution in [-0.2, 0) is 11.8 Å². The molecule has 5 heteroatoms. The molecule has 0 aliphatic heterocycles. The van der Waals surface area contributed by atoms with Crippen LogP contribution in [0.1, 0.15) is 42.6 Å². The van der Waals surface area contributed by atoms with Crippen LogP contribution in [0.25, 0.3) is 0 Å².